The SMILES string of the molecule is CC(C)(C)C(=O)C(O)[C@H]1O[C@@H](n2cnc(C(N)=O)c2N)[C@H](O)[C@@H]1O. The molecular formula is C14H22N4O6. The summed E-state index contributed by atoms with van der Waals surface area (Å²) in [5.41, 5.74) is 9.78. The summed E-state index contributed by atoms with van der Waals surface area (Å²) >= 11 is 0. The fourth-order valence-electron chi connectivity index (χ4n) is 2.53. The molecule has 1 saturated heterocycles. The van der Waals surface area contributed by atoms with Gasteiger partial charge in [0.15, 0.2) is 17.7 Å². The smallest absolute Gasteiger partial charge is 0.271 e. The number of amides is 1. The third-order valence-corrected chi connectivity index (χ3v) is 3.93. The predicted octanol–water partition coefficient (Wildman–Crippen LogP) is -1.84. The lowest BCUT2D eigenvalue weighted by atomic mass is 9.85. The highest BCUT2D eigenvalue weighted by atomic mass is 16.6. The van der Waals surface area contributed by atoms with Crippen molar-refractivity contribution in [2.75, 3.05) is 5.73 Å². The van der Waals surface area contributed by atoms with Crippen LogP contribution in [0.3, 0.4) is 0 Å². The second-order valence-corrected chi connectivity index (χ2v) is 6.78. The minimum Gasteiger partial charge on any atom is -0.387 e. The molecule has 0 radical (unpaired) electrons. The zero-order chi connectivity index (χ0) is 18.4. The number of anilines is 1. The summed E-state index contributed by atoms with van der Waals surface area (Å²) < 4.78 is 6.56. The lowest BCUT2D eigenvalue weighted by Gasteiger charge is -2.26. The number of ketones is 1. The maximum Gasteiger partial charge on any atom is 0.271 e. The number of imidazole rings is 1. The normalized spacial score (nSPS) is 28.8. The standard InChI is InChI=1S/C14H22N4O6/c1-14(2,3)10(22)8(21)9-6(19)7(20)13(24-9)18-4-17-5(11(18)15)12(16)23/h4,6-9,13,19-21H,15H2,1-3H3,(H2,16,23)/t6-,7+,8?,9-,13+/m0/s1. The van der Waals surface area contributed by atoms with Crippen molar-refractivity contribution in [3.8, 4) is 0 Å². The Labute approximate surface area is 138 Å². The molecule has 1 aliphatic heterocycles. The van der Waals surface area contributed by atoms with E-state index in [0.717, 1.165) is 10.9 Å². The molecule has 0 spiro atoms. The van der Waals surface area contributed by atoms with Crippen LogP contribution in [0.25, 0.3) is 0 Å². The summed E-state index contributed by atoms with van der Waals surface area (Å²) in [6, 6.07) is 0. The topological polar surface area (TPSA) is 174 Å². The average molecular weight is 342 g/mol. The lowest BCUT2D eigenvalue weighted by Crippen LogP contribution is -2.46. The lowest BCUT2D eigenvalue weighted by molar-refractivity contribution is -0.148. The highest BCUT2D eigenvalue weighted by Gasteiger charge is 2.50. The Morgan fingerprint density at radius 1 is 1.33 bits per heavy atom. The number of Topliss-reactive ketones (excluding diaryl/α,β-unsaturated/α-hetero) is 1. The number of hydrogen-bond acceptors (Lipinski definition) is 8. The molecule has 1 amide bonds. The zero-order valence-corrected chi connectivity index (χ0v) is 13.6. The van der Waals surface area contributed by atoms with Crippen LogP contribution in [0, 0.1) is 5.41 Å². The second-order valence-electron chi connectivity index (χ2n) is 6.78. The van der Waals surface area contributed by atoms with E-state index in [0.29, 0.717) is 0 Å². The van der Waals surface area contributed by atoms with Crippen molar-refractivity contribution in [1.82, 2.24) is 9.55 Å². The Balaban J connectivity index is 2.28. The second kappa shape index (κ2) is 6.13. The highest BCUT2D eigenvalue weighted by molar-refractivity contribution is 5.95. The van der Waals surface area contributed by atoms with Gasteiger partial charge in [0.05, 0.1) is 6.33 Å². The van der Waals surface area contributed by atoms with Crippen molar-refractivity contribution >= 4 is 17.5 Å². The third kappa shape index (κ3) is 3.00. The van der Waals surface area contributed by atoms with Crippen LogP contribution in [0.1, 0.15) is 37.5 Å². The first-order chi connectivity index (χ1) is 11.0. The Morgan fingerprint density at radius 3 is 2.38 bits per heavy atom. The Hall–Kier alpha value is -2.01. The summed E-state index contributed by atoms with van der Waals surface area (Å²) in [7, 11) is 0. The van der Waals surface area contributed by atoms with Crippen LogP contribution in [0.2, 0.25) is 0 Å². The third-order valence-electron chi connectivity index (χ3n) is 3.93. The van der Waals surface area contributed by atoms with E-state index in [9.17, 15) is 24.9 Å². The number of nitrogens with zero attached hydrogens (tertiary/aromatic N) is 2. The van der Waals surface area contributed by atoms with Crippen LogP contribution < -0.4 is 11.5 Å². The minimum atomic E-state index is -1.64. The predicted molar refractivity (Wildman–Crippen MR) is 81.5 cm³/mol. The van der Waals surface area contributed by atoms with Crippen molar-refractivity contribution in [3.63, 3.8) is 0 Å². The van der Waals surface area contributed by atoms with Gasteiger partial charge in [-0.25, -0.2) is 4.98 Å². The first-order valence-corrected chi connectivity index (χ1v) is 7.33. The van der Waals surface area contributed by atoms with Gasteiger partial charge in [-0.15, -0.1) is 0 Å². The molecule has 5 atom stereocenters. The molecule has 24 heavy (non-hydrogen) atoms. The molecule has 0 saturated carbocycles. The number of ether oxygens (including phenoxy) is 1. The Kier molecular flexibility index (Phi) is 4.68. The van der Waals surface area contributed by atoms with Gasteiger partial charge in [0.25, 0.3) is 5.91 Å². The first kappa shape index (κ1) is 18.3. The molecule has 0 aromatic carbocycles. The number of nitrogen functional groups attached to an aromatic ring is 1. The highest BCUT2D eigenvalue weighted by Crippen LogP contribution is 2.34. The number of hydrogen-bond donors (Lipinski definition) is 5. The van der Waals surface area contributed by atoms with Crippen molar-refractivity contribution in [2.45, 2.75) is 51.4 Å². The van der Waals surface area contributed by atoms with Crippen LogP contribution in [0.4, 0.5) is 5.82 Å². The Morgan fingerprint density at radius 2 is 1.92 bits per heavy atom. The van der Waals surface area contributed by atoms with Gasteiger partial charge in [-0.1, -0.05) is 20.8 Å². The van der Waals surface area contributed by atoms with E-state index in [1.165, 1.54) is 0 Å². The Bertz CT molecular complexity index is 652. The maximum absolute atomic E-state index is 12.2. The zero-order valence-electron chi connectivity index (χ0n) is 13.6. The van der Waals surface area contributed by atoms with E-state index in [4.69, 9.17) is 16.2 Å². The monoisotopic (exact) mass is 342 g/mol. The molecule has 2 heterocycles. The molecule has 1 unspecified atom stereocenters. The summed E-state index contributed by atoms with van der Waals surface area (Å²) in [6.07, 6.45) is -6.12. The van der Waals surface area contributed by atoms with Gasteiger partial charge in [0, 0.05) is 5.41 Å². The van der Waals surface area contributed by atoms with Gasteiger partial charge in [-0.05, 0) is 0 Å². The molecule has 1 aromatic rings. The molecular weight excluding hydrogens is 320 g/mol. The van der Waals surface area contributed by atoms with Gasteiger partial charge >= 0.3 is 0 Å². The van der Waals surface area contributed by atoms with Crippen LogP contribution in [-0.4, -0.2) is 61.0 Å². The number of aliphatic hydroxyl groups excluding tert-OH is 3. The molecule has 0 aliphatic carbocycles. The molecule has 0 bridgehead atoms. The van der Waals surface area contributed by atoms with E-state index in [2.05, 4.69) is 4.98 Å². The van der Waals surface area contributed by atoms with Gasteiger partial charge in [-0.2, -0.15) is 0 Å². The first-order valence-electron chi connectivity index (χ1n) is 7.33. The summed E-state index contributed by atoms with van der Waals surface area (Å²) in [6.45, 7) is 4.84. The number of aromatic nitrogens is 2. The van der Waals surface area contributed by atoms with Crippen LogP contribution in [0.15, 0.2) is 6.33 Å². The van der Waals surface area contributed by atoms with E-state index < -0.39 is 47.7 Å². The van der Waals surface area contributed by atoms with Crippen LogP contribution in [0.5, 0.6) is 0 Å². The van der Waals surface area contributed by atoms with Gasteiger partial charge in [0.1, 0.15) is 30.2 Å². The molecule has 2 rings (SSSR count). The molecule has 1 aliphatic rings. The molecule has 10 heteroatoms. The maximum atomic E-state index is 12.2. The fraction of sp³-hybridized carbons (Fsp3) is 0.643. The molecule has 1 fully saturated rings. The van der Waals surface area contributed by atoms with Gasteiger partial charge < -0.3 is 31.5 Å². The van der Waals surface area contributed by atoms with Crippen molar-refractivity contribution in [2.24, 2.45) is 11.1 Å². The molecule has 1 aromatic heterocycles. The van der Waals surface area contributed by atoms with Gasteiger partial charge in [-0.3, -0.25) is 14.2 Å². The number of nitrogens with two attached hydrogens (primary N) is 2. The molecule has 7 N–H and O–H groups in total. The van der Waals surface area contributed by atoms with E-state index in [1.54, 1.807) is 20.8 Å². The number of aliphatic hydroxyl groups is 3. The summed E-state index contributed by atoms with van der Waals surface area (Å²) in [4.78, 5) is 27.1. The quantitative estimate of drug-likeness (QED) is 0.424. The van der Waals surface area contributed by atoms with E-state index in [-0.39, 0.29) is 11.5 Å². The van der Waals surface area contributed by atoms with Crippen molar-refractivity contribution < 1.29 is 29.6 Å². The number of rotatable bonds is 4. The summed E-state index contributed by atoms with van der Waals surface area (Å²) in [5.74, 6) is -1.56. The number of primary amides is 1. The minimum absolute atomic E-state index is 0.156. The van der Waals surface area contributed by atoms with Gasteiger partial charge in [0.2, 0.25) is 0 Å². The number of carbonyl (C=O) groups is 2. The average Bonchev–Trinajstić information content (AvgIpc) is 2.98. The van der Waals surface area contributed by atoms with E-state index in [1.807, 2.05) is 0 Å². The fourth-order valence-corrected chi connectivity index (χ4v) is 2.53. The summed E-state index contributed by atoms with van der Waals surface area (Å²) in [5, 5.41) is 30.5. The molecule has 134 valence electrons. The van der Waals surface area contributed by atoms with Crippen LogP contribution in [-0.2, 0) is 9.53 Å². The van der Waals surface area contributed by atoms with Crippen LogP contribution >= 0.6 is 0 Å². The van der Waals surface area contributed by atoms with E-state index >= 15 is 0 Å². The largest absolute Gasteiger partial charge is 0.387 e. The number of carbonyl (C=O) groups excluding carboxylic acids is 2. The van der Waals surface area contributed by atoms with Crippen molar-refractivity contribution in [1.29, 1.82) is 0 Å². The molecule has 10 nitrogen and oxygen atoms in total. The van der Waals surface area contributed by atoms with Crippen molar-refractivity contribution in [3.05, 3.63) is 12.0 Å².